The summed E-state index contributed by atoms with van der Waals surface area (Å²) in [6, 6.07) is 33.8. The molecule has 0 spiro atoms. The zero-order chi connectivity index (χ0) is 51.7. The first kappa shape index (κ1) is 58.2. The number of allylic oxidation sites excluding steroid dienone is 4. The van der Waals surface area contributed by atoms with Crippen molar-refractivity contribution in [3.8, 4) is 46.0 Å². The number of rotatable bonds is 16. The van der Waals surface area contributed by atoms with Crippen molar-refractivity contribution in [1.82, 2.24) is 9.80 Å². The molecule has 2 aliphatic heterocycles. The minimum Gasteiger partial charge on any atom is -0.508 e. The van der Waals surface area contributed by atoms with Gasteiger partial charge in [-0.05, 0) is 197 Å². The molecule has 0 bridgehead atoms. The fourth-order valence-corrected chi connectivity index (χ4v) is 12.6. The molecule has 6 aromatic carbocycles. The highest BCUT2D eigenvalue weighted by molar-refractivity contribution is 7.91. The lowest BCUT2D eigenvalue weighted by Gasteiger charge is -2.26. The van der Waals surface area contributed by atoms with E-state index in [1.807, 2.05) is 97.1 Å². The molecule has 2 fully saturated rings. The number of ether oxygens (including phenoxy) is 4. The average Bonchev–Trinajstić information content (AvgIpc) is 3.40. The SMILES string of the molecule is CS(=O)(=O)[C@@H]1CC=C(c2ccc3cc(O)ccc3c2Oc2ccc(OCCN3CCCCC3)cc2)CC1.CS(=O)(=O)[C@H]1CC=C(c2ccc3cc(O)ccc3c2Oc2ccc(OCCN3CCCCC3)cc2)CC1.Cl.Cl. The molecule has 0 unspecified atom stereocenters. The van der Waals surface area contributed by atoms with Gasteiger partial charge >= 0.3 is 0 Å². The van der Waals surface area contributed by atoms with Crippen LogP contribution in [0, 0.1) is 0 Å². The average molecular weight is 1120 g/mol. The number of benzene rings is 6. The van der Waals surface area contributed by atoms with E-state index in [-0.39, 0.29) is 46.8 Å². The third-order valence-corrected chi connectivity index (χ3v) is 18.2. The first-order valence-electron chi connectivity index (χ1n) is 26.3. The van der Waals surface area contributed by atoms with Crippen LogP contribution in [0.2, 0.25) is 0 Å². The van der Waals surface area contributed by atoms with Gasteiger partial charge in [-0.25, -0.2) is 16.8 Å². The van der Waals surface area contributed by atoms with Crippen LogP contribution < -0.4 is 18.9 Å². The molecule has 2 atom stereocenters. The summed E-state index contributed by atoms with van der Waals surface area (Å²) in [4.78, 5) is 4.91. The zero-order valence-corrected chi connectivity index (χ0v) is 46.8. The fourth-order valence-electron chi connectivity index (χ4n) is 10.6. The number of phenolic OH excluding ortho intramolecular Hbond substituents is 2. The highest BCUT2D eigenvalue weighted by Gasteiger charge is 2.27. The number of fused-ring (bicyclic) bond motifs is 2. The number of likely N-dealkylation sites (tertiary alicyclic amines) is 2. The van der Waals surface area contributed by atoms with Gasteiger partial charge in [0.2, 0.25) is 0 Å². The Morgan fingerprint density at radius 1 is 0.487 bits per heavy atom. The van der Waals surface area contributed by atoms with E-state index in [1.54, 1.807) is 24.3 Å². The molecular weight excluding hydrogens is 1040 g/mol. The molecule has 2 saturated heterocycles. The molecule has 408 valence electrons. The number of hydrogen-bond donors (Lipinski definition) is 2. The van der Waals surface area contributed by atoms with Crippen LogP contribution in [0.1, 0.15) is 88.2 Å². The summed E-state index contributed by atoms with van der Waals surface area (Å²) in [5, 5.41) is 22.9. The Balaban J connectivity index is 0.000000216. The smallest absolute Gasteiger partial charge is 0.150 e. The monoisotopic (exact) mass is 1110 g/mol. The summed E-state index contributed by atoms with van der Waals surface area (Å²) in [5.74, 6) is 4.82. The maximum Gasteiger partial charge on any atom is 0.150 e. The predicted molar refractivity (Wildman–Crippen MR) is 311 cm³/mol. The predicted octanol–water partition coefficient (Wildman–Crippen LogP) is 13.2. The summed E-state index contributed by atoms with van der Waals surface area (Å²) >= 11 is 0. The van der Waals surface area contributed by atoms with Crippen LogP contribution in [0.3, 0.4) is 0 Å². The third kappa shape index (κ3) is 15.4. The molecule has 0 amide bonds. The number of sulfone groups is 2. The quantitative estimate of drug-likeness (QED) is 0.0949. The second kappa shape index (κ2) is 26.7. The summed E-state index contributed by atoms with van der Waals surface area (Å²) in [7, 11) is -6.13. The Morgan fingerprint density at radius 2 is 0.855 bits per heavy atom. The fraction of sp³-hybridized carbons (Fsp3) is 0.400. The van der Waals surface area contributed by atoms with Crippen molar-refractivity contribution in [2.24, 2.45) is 0 Å². The van der Waals surface area contributed by atoms with Crippen LogP contribution in [0.25, 0.3) is 32.7 Å². The maximum absolute atomic E-state index is 12.0. The van der Waals surface area contributed by atoms with Crippen LogP contribution in [0.15, 0.2) is 121 Å². The summed E-state index contributed by atoms with van der Waals surface area (Å²) in [5.41, 5.74) is 4.07. The molecule has 6 aromatic rings. The van der Waals surface area contributed by atoms with E-state index in [1.165, 1.54) is 51.0 Å². The van der Waals surface area contributed by atoms with Crippen LogP contribution in [-0.4, -0.2) is 112 Å². The van der Waals surface area contributed by atoms with E-state index in [0.717, 1.165) is 94.6 Å². The second-order valence-corrected chi connectivity index (χ2v) is 24.9. The van der Waals surface area contributed by atoms with Crippen LogP contribution >= 0.6 is 24.8 Å². The van der Waals surface area contributed by atoms with Gasteiger partial charge in [0.25, 0.3) is 0 Å². The van der Waals surface area contributed by atoms with E-state index < -0.39 is 19.7 Å². The van der Waals surface area contributed by atoms with Crippen molar-refractivity contribution in [3.63, 3.8) is 0 Å². The molecule has 0 aromatic heterocycles. The largest absolute Gasteiger partial charge is 0.508 e. The van der Waals surface area contributed by atoms with Gasteiger partial charge in [-0.15, -0.1) is 24.8 Å². The Hall–Kier alpha value is -5.48. The lowest BCUT2D eigenvalue weighted by molar-refractivity contribution is 0.183. The van der Waals surface area contributed by atoms with Crippen molar-refractivity contribution in [2.75, 3.05) is 65.0 Å². The third-order valence-electron chi connectivity index (χ3n) is 14.9. The number of halogens is 2. The first-order chi connectivity index (χ1) is 35.7. The molecule has 10 rings (SSSR count). The second-order valence-electron chi connectivity index (χ2n) is 20.3. The van der Waals surface area contributed by atoms with Gasteiger partial charge in [-0.1, -0.05) is 49.3 Å². The molecule has 12 nitrogen and oxygen atoms in total. The molecule has 4 aliphatic rings. The lowest BCUT2D eigenvalue weighted by Crippen LogP contribution is -2.33. The highest BCUT2D eigenvalue weighted by Crippen LogP contribution is 2.44. The van der Waals surface area contributed by atoms with Gasteiger partial charge in [0.15, 0.2) is 19.7 Å². The standard InChI is InChI=1S/2C30H35NO5S.2ClH/c2*1-37(33,34)27-13-5-22(6-14-27)28-15-7-23-21-24(32)8-16-29(23)30(28)36-26-11-9-25(10-12-26)35-20-19-31-17-3-2-4-18-31;;/h2*5,7-12,15-16,21,27,32H,2-4,6,13-14,17-20H2,1H3;2*1H/t2*27-;;/m10../s1. The number of nitrogens with zero attached hydrogens (tertiary/aromatic N) is 2. The molecule has 2 heterocycles. The minimum absolute atomic E-state index is 0. The molecular formula is C60H72Cl2N2O10S2. The molecule has 2 aliphatic carbocycles. The van der Waals surface area contributed by atoms with Crippen LogP contribution in [-0.2, 0) is 19.7 Å². The zero-order valence-electron chi connectivity index (χ0n) is 43.5. The van der Waals surface area contributed by atoms with E-state index in [2.05, 4.69) is 9.80 Å². The van der Waals surface area contributed by atoms with Gasteiger partial charge in [-0.2, -0.15) is 0 Å². The lowest BCUT2D eigenvalue weighted by atomic mass is 9.91. The van der Waals surface area contributed by atoms with Crippen molar-refractivity contribution < 1.29 is 46.0 Å². The molecule has 2 N–H and O–H groups in total. The van der Waals surface area contributed by atoms with E-state index >= 15 is 0 Å². The molecule has 0 radical (unpaired) electrons. The van der Waals surface area contributed by atoms with E-state index in [9.17, 15) is 27.0 Å². The molecule has 76 heavy (non-hydrogen) atoms. The van der Waals surface area contributed by atoms with Gasteiger partial charge in [0, 0.05) is 47.5 Å². The van der Waals surface area contributed by atoms with Crippen molar-refractivity contribution >= 4 is 77.2 Å². The number of phenols is 2. The normalized spacial score (nSPS) is 18.4. The summed E-state index contributed by atoms with van der Waals surface area (Å²) in [6.45, 7) is 7.86. The van der Waals surface area contributed by atoms with E-state index in [4.69, 9.17) is 18.9 Å². The van der Waals surface area contributed by atoms with E-state index in [0.29, 0.717) is 74.7 Å². The Kier molecular flexibility index (Phi) is 20.5. The van der Waals surface area contributed by atoms with Crippen LogP contribution in [0.4, 0.5) is 0 Å². The topological polar surface area (TPSA) is 152 Å². The number of aromatic hydroxyl groups is 2. The van der Waals surface area contributed by atoms with Gasteiger partial charge in [0.05, 0.1) is 10.5 Å². The van der Waals surface area contributed by atoms with Crippen molar-refractivity contribution in [3.05, 3.63) is 132 Å². The van der Waals surface area contributed by atoms with Gasteiger partial charge in [0.1, 0.15) is 59.2 Å². The first-order valence-corrected chi connectivity index (χ1v) is 30.2. The Bertz CT molecular complexity index is 2980. The Morgan fingerprint density at radius 3 is 1.20 bits per heavy atom. The molecule has 0 saturated carbocycles. The summed E-state index contributed by atoms with van der Waals surface area (Å²) in [6.07, 6.45) is 18.0. The number of piperidine rings is 2. The van der Waals surface area contributed by atoms with Gasteiger partial charge < -0.3 is 29.2 Å². The summed E-state index contributed by atoms with van der Waals surface area (Å²) < 4.78 is 73.0. The van der Waals surface area contributed by atoms with Crippen molar-refractivity contribution in [1.29, 1.82) is 0 Å². The minimum atomic E-state index is -3.07. The van der Waals surface area contributed by atoms with Crippen molar-refractivity contribution in [2.45, 2.75) is 87.5 Å². The Labute approximate surface area is 461 Å². The number of hydrogen-bond acceptors (Lipinski definition) is 12. The van der Waals surface area contributed by atoms with Gasteiger partial charge in [-0.3, -0.25) is 9.80 Å². The maximum atomic E-state index is 12.0. The molecule has 16 heteroatoms. The highest BCUT2D eigenvalue weighted by atomic mass is 35.5. The van der Waals surface area contributed by atoms with Crippen LogP contribution in [0.5, 0.6) is 46.0 Å².